The number of fused-ring (bicyclic) bond motifs is 1. The predicted octanol–water partition coefficient (Wildman–Crippen LogP) is 3.49. The third kappa shape index (κ3) is 2.44. The first-order valence-electron chi connectivity index (χ1n) is 8.76. The molecule has 1 aromatic carbocycles. The topological polar surface area (TPSA) is 58.6 Å². The van der Waals surface area contributed by atoms with Crippen LogP contribution in [0.2, 0.25) is 0 Å². The summed E-state index contributed by atoms with van der Waals surface area (Å²) in [5.74, 6) is -0.557. The maximum absolute atomic E-state index is 13.1. The van der Waals surface area contributed by atoms with E-state index in [0.717, 1.165) is 36.0 Å². The van der Waals surface area contributed by atoms with Crippen molar-refractivity contribution in [1.82, 2.24) is 5.32 Å². The van der Waals surface area contributed by atoms with Crippen LogP contribution in [0, 0.1) is 5.41 Å². The maximum atomic E-state index is 13.1. The molecule has 5 rings (SSSR count). The predicted molar refractivity (Wildman–Crippen MR) is 104 cm³/mol. The minimum absolute atomic E-state index is 0.0922. The average molecular weight is 386 g/mol. The number of aliphatic hydroxyl groups is 1. The highest BCUT2D eigenvalue weighted by molar-refractivity contribution is 7.19. The molecule has 0 unspecified atom stereocenters. The molecule has 1 spiro atoms. The van der Waals surface area contributed by atoms with Gasteiger partial charge in [0.15, 0.2) is 0 Å². The average Bonchev–Trinajstić information content (AvgIpc) is 3.24. The summed E-state index contributed by atoms with van der Waals surface area (Å²) in [5.41, 5.74) is -1.41. The van der Waals surface area contributed by atoms with E-state index >= 15 is 0 Å². The SMILES string of the molecule is O=C(OC1CC2(CNC2)C1)[C@](O)(c1cccs1)c1cc2ccccc2s1. The number of carbonyl (C=O) groups is 1. The number of rotatable bonds is 4. The van der Waals surface area contributed by atoms with Crippen LogP contribution in [0.25, 0.3) is 10.1 Å². The van der Waals surface area contributed by atoms with Crippen molar-refractivity contribution in [2.24, 2.45) is 5.41 Å². The van der Waals surface area contributed by atoms with Gasteiger partial charge in [-0.05, 0) is 41.8 Å². The van der Waals surface area contributed by atoms with Gasteiger partial charge >= 0.3 is 5.97 Å². The molecule has 0 radical (unpaired) electrons. The fourth-order valence-corrected chi connectivity index (χ4v) is 6.01. The molecule has 134 valence electrons. The van der Waals surface area contributed by atoms with E-state index in [1.165, 1.54) is 22.7 Å². The quantitative estimate of drug-likeness (QED) is 0.675. The molecule has 1 aliphatic heterocycles. The minimum atomic E-state index is -1.74. The van der Waals surface area contributed by atoms with Crippen LogP contribution in [-0.4, -0.2) is 30.3 Å². The molecule has 6 heteroatoms. The molecule has 1 saturated carbocycles. The van der Waals surface area contributed by atoms with Gasteiger partial charge in [-0.25, -0.2) is 4.79 Å². The Hall–Kier alpha value is -1.73. The molecule has 2 N–H and O–H groups in total. The van der Waals surface area contributed by atoms with Crippen molar-refractivity contribution in [3.05, 3.63) is 57.6 Å². The van der Waals surface area contributed by atoms with Crippen molar-refractivity contribution in [3.63, 3.8) is 0 Å². The molecule has 2 aliphatic rings. The molecule has 1 atom stereocenters. The zero-order chi connectivity index (χ0) is 17.8. The van der Waals surface area contributed by atoms with Crippen molar-refractivity contribution in [3.8, 4) is 0 Å². The zero-order valence-electron chi connectivity index (χ0n) is 14.1. The number of benzene rings is 1. The molecular weight excluding hydrogens is 366 g/mol. The second-order valence-electron chi connectivity index (χ2n) is 7.38. The smallest absolute Gasteiger partial charge is 0.349 e. The molecule has 1 saturated heterocycles. The molecule has 1 aliphatic carbocycles. The summed E-state index contributed by atoms with van der Waals surface area (Å²) in [6, 6.07) is 13.5. The normalized spacial score (nSPS) is 21.1. The highest BCUT2D eigenvalue weighted by Crippen LogP contribution is 2.47. The van der Waals surface area contributed by atoms with Gasteiger partial charge < -0.3 is 15.2 Å². The van der Waals surface area contributed by atoms with Gasteiger partial charge in [-0.15, -0.1) is 22.7 Å². The first-order valence-corrected chi connectivity index (χ1v) is 10.5. The van der Waals surface area contributed by atoms with E-state index in [0.29, 0.717) is 15.2 Å². The number of thiophene rings is 2. The molecule has 26 heavy (non-hydrogen) atoms. The number of nitrogens with one attached hydrogen (secondary N) is 1. The lowest BCUT2D eigenvalue weighted by Crippen LogP contribution is -2.62. The summed E-state index contributed by atoms with van der Waals surface area (Å²) in [7, 11) is 0. The monoisotopic (exact) mass is 385 g/mol. The largest absolute Gasteiger partial charge is 0.460 e. The summed E-state index contributed by atoms with van der Waals surface area (Å²) in [4.78, 5) is 14.3. The Morgan fingerprint density at radius 3 is 2.65 bits per heavy atom. The Morgan fingerprint density at radius 1 is 1.19 bits per heavy atom. The lowest BCUT2D eigenvalue weighted by molar-refractivity contribution is -0.182. The van der Waals surface area contributed by atoms with Crippen LogP contribution >= 0.6 is 22.7 Å². The first-order chi connectivity index (χ1) is 12.6. The van der Waals surface area contributed by atoms with Crippen LogP contribution in [0.4, 0.5) is 0 Å². The highest BCUT2D eigenvalue weighted by atomic mass is 32.1. The summed E-state index contributed by atoms with van der Waals surface area (Å²) >= 11 is 2.82. The van der Waals surface area contributed by atoms with Crippen LogP contribution in [0.3, 0.4) is 0 Å². The van der Waals surface area contributed by atoms with Crippen molar-refractivity contribution >= 4 is 38.7 Å². The summed E-state index contributed by atoms with van der Waals surface area (Å²) in [5, 5.41) is 17.7. The van der Waals surface area contributed by atoms with Crippen LogP contribution < -0.4 is 5.32 Å². The van der Waals surface area contributed by atoms with E-state index in [4.69, 9.17) is 4.74 Å². The van der Waals surface area contributed by atoms with Gasteiger partial charge in [-0.1, -0.05) is 24.3 Å². The summed E-state index contributed by atoms with van der Waals surface area (Å²) in [6.45, 7) is 2.01. The molecular formula is C20H19NO3S2. The highest BCUT2D eigenvalue weighted by Gasteiger charge is 2.52. The van der Waals surface area contributed by atoms with Gasteiger partial charge in [-0.2, -0.15) is 0 Å². The molecule has 0 bridgehead atoms. The van der Waals surface area contributed by atoms with Gasteiger partial charge in [0.1, 0.15) is 6.10 Å². The fraction of sp³-hybridized carbons (Fsp3) is 0.350. The van der Waals surface area contributed by atoms with Crippen molar-refractivity contribution in [1.29, 1.82) is 0 Å². The molecule has 2 fully saturated rings. The van der Waals surface area contributed by atoms with Crippen molar-refractivity contribution in [2.75, 3.05) is 13.1 Å². The van der Waals surface area contributed by atoms with Crippen molar-refractivity contribution in [2.45, 2.75) is 24.5 Å². The van der Waals surface area contributed by atoms with Crippen LogP contribution in [0.5, 0.6) is 0 Å². The van der Waals surface area contributed by atoms with E-state index in [2.05, 4.69) is 5.32 Å². The second-order valence-corrected chi connectivity index (χ2v) is 9.41. The van der Waals surface area contributed by atoms with Crippen LogP contribution in [-0.2, 0) is 15.1 Å². The zero-order valence-corrected chi connectivity index (χ0v) is 15.7. The number of carbonyl (C=O) groups excluding carboxylic acids is 1. The minimum Gasteiger partial charge on any atom is -0.460 e. The van der Waals surface area contributed by atoms with Gasteiger partial charge in [0, 0.05) is 23.2 Å². The number of ether oxygens (including phenoxy) is 1. The molecule has 4 nitrogen and oxygen atoms in total. The first kappa shape index (κ1) is 16.4. The van der Waals surface area contributed by atoms with E-state index in [-0.39, 0.29) is 6.10 Å². The summed E-state index contributed by atoms with van der Waals surface area (Å²) < 4.78 is 6.80. The molecule has 2 aromatic heterocycles. The fourth-order valence-electron chi connectivity index (χ4n) is 3.96. The number of hydrogen-bond donors (Lipinski definition) is 2. The van der Waals surface area contributed by atoms with Gasteiger partial charge in [0.2, 0.25) is 5.60 Å². The van der Waals surface area contributed by atoms with Crippen LogP contribution in [0.15, 0.2) is 47.8 Å². The van der Waals surface area contributed by atoms with Crippen LogP contribution in [0.1, 0.15) is 22.6 Å². The Balaban J connectivity index is 1.47. The third-order valence-corrected chi connectivity index (χ3v) is 7.75. The molecule has 3 aromatic rings. The van der Waals surface area contributed by atoms with E-state index in [1.807, 2.05) is 41.8 Å². The van der Waals surface area contributed by atoms with Crippen molar-refractivity contribution < 1.29 is 14.6 Å². The standard InChI is InChI=1S/C20H19NO3S2/c22-18(24-14-9-19(10-14)11-21-12-19)20(23,16-6-3-7-25-16)17-8-13-4-1-2-5-15(13)26-17/h1-8,14,21,23H,9-12H2/t20-/m0/s1. The Labute approximate surface area is 159 Å². The van der Waals surface area contributed by atoms with E-state index in [1.54, 1.807) is 6.07 Å². The van der Waals surface area contributed by atoms with E-state index < -0.39 is 11.6 Å². The Bertz CT molecular complexity index is 920. The van der Waals surface area contributed by atoms with E-state index in [9.17, 15) is 9.90 Å². The lowest BCUT2D eigenvalue weighted by atomic mass is 9.63. The third-order valence-electron chi connectivity index (χ3n) is 5.55. The Morgan fingerprint density at radius 2 is 2.00 bits per heavy atom. The molecule has 0 amide bonds. The maximum Gasteiger partial charge on any atom is 0.349 e. The lowest BCUT2D eigenvalue weighted by Gasteiger charge is -2.53. The van der Waals surface area contributed by atoms with Gasteiger partial charge in [0.05, 0.1) is 9.75 Å². The Kier molecular flexibility index (Phi) is 3.72. The second kappa shape index (κ2) is 5.89. The number of hydrogen-bond acceptors (Lipinski definition) is 6. The summed E-state index contributed by atoms with van der Waals surface area (Å²) in [6.07, 6.45) is 1.68. The molecule has 3 heterocycles. The number of esters is 1. The van der Waals surface area contributed by atoms with Gasteiger partial charge in [0.25, 0.3) is 0 Å². The van der Waals surface area contributed by atoms with Gasteiger partial charge in [-0.3, -0.25) is 0 Å².